The van der Waals surface area contributed by atoms with Crippen molar-refractivity contribution in [3.05, 3.63) is 71.1 Å². The van der Waals surface area contributed by atoms with Gasteiger partial charge in [-0.2, -0.15) is 0 Å². The van der Waals surface area contributed by atoms with E-state index in [1.807, 2.05) is 35.2 Å². The predicted octanol–water partition coefficient (Wildman–Crippen LogP) is 2.56. The molecule has 1 saturated heterocycles. The maximum absolute atomic E-state index is 12.5. The van der Waals surface area contributed by atoms with Crippen LogP contribution in [0.1, 0.15) is 11.9 Å². The Morgan fingerprint density at radius 3 is 2.86 bits per heavy atom. The third kappa shape index (κ3) is 3.27. The molecule has 0 aliphatic carbocycles. The zero-order valence-corrected chi connectivity index (χ0v) is 15.9. The third-order valence-electron chi connectivity index (χ3n) is 5.07. The van der Waals surface area contributed by atoms with Crippen LogP contribution in [0.2, 0.25) is 0 Å². The van der Waals surface area contributed by atoms with Crippen LogP contribution in [0.4, 0.5) is 5.95 Å². The highest BCUT2D eigenvalue weighted by Crippen LogP contribution is 2.30. The van der Waals surface area contributed by atoms with Crippen LogP contribution >= 0.6 is 0 Å². The highest BCUT2D eigenvalue weighted by atomic mass is 16.5. The fraction of sp³-hybridized carbons (Fsp3) is 0.238. The lowest BCUT2D eigenvalue weighted by Gasteiger charge is -2.33. The average molecular weight is 389 g/mol. The molecule has 1 aliphatic heterocycles. The molecule has 0 saturated carbocycles. The number of fused-ring (bicyclic) bond motifs is 1. The molecule has 146 valence electrons. The molecule has 5 rings (SSSR count). The second kappa shape index (κ2) is 7.14. The van der Waals surface area contributed by atoms with E-state index >= 15 is 0 Å². The van der Waals surface area contributed by atoms with Gasteiger partial charge in [0.1, 0.15) is 23.8 Å². The first-order valence-electron chi connectivity index (χ1n) is 9.38. The lowest BCUT2D eigenvalue weighted by Crippen LogP contribution is -2.41. The Kier molecular flexibility index (Phi) is 4.33. The molecule has 1 atom stereocenters. The lowest BCUT2D eigenvalue weighted by molar-refractivity contribution is 0.0260. The van der Waals surface area contributed by atoms with Gasteiger partial charge >= 0.3 is 0 Å². The van der Waals surface area contributed by atoms with Gasteiger partial charge in [-0.3, -0.25) is 9.36 Å². The Morgan fingerprint density at radius 1 is 1.14 bits per heavy atom. The maximum atomic E-state index is 12.5. The van der Waals surface area contributed by atoms with Gasteiger partial charge in [0.2, 0.25) is 5.95 Å². The highest BCUT2D eigenvalue weighted by Gasteiger charge is 2.27. The molecule has 0 bridgehead atoms. The number of anilines is 1. The monoisotopic (exact) mass is 389 g/mol. The molecule has 0 spiro atoms. The van der Waals surface area contributed by atoms with Gasteiger partial charge in [-0.05, 0) is 18.2 Å². The summed E-state index contributed by atoms with van der Waals surface area (Å²) in [5.41, 5.74) is 1.83. The Bertz CT molecular complexity index is 1180. The molecular weight excluding hydrogens is 370 g/mol. The van der Waals surface area contributed by atoms with E-state index in [1.165, 1.54) is 12.4 Å². The Balaban J connectivity index is 1.49. The van der Waals surface area contributed by atoms with E-state index in [1.54, 1.807) is 23.9 Å². The topological polar surface area (TPSA) is 86.3 Å². The molecule has 0 radical (unpaired) electrons. The number of hydrogen-bond acceptors (Lipinski definition) is 7. The molecular formula is C21H19N5O3. The standard InChI is InChI=1S/C21H19N5O3/c1-25-20(27)11-16(15-6-7-22-13-23-15)24-21(25)26-8-9-28-19(12-26)18-10-14-4-2-3-5-17(14)29-18/h2-7,10-11,13,19H,8-9,12H2,1H3/t19-/m1/s1. The van der Waals surface area contributed by atoms with Crippen molar-refractivity contribution in [1.29, 1.82) is 0 Å². The van der Waals surface area contributed by atoms with Crippen LogP contribution in [0, 0.1) is 0 Å². The molecule has 1 aliphatic rings. The number of nitrogens with zero attached hydrogens (tertiary/aromatic N) is 5. The predicted molar refractivity (Wildman–Crippen MR) is 108 cm³/mol. The summed E-state index contributed by atoms with van der Waals surface area (Å²) in [7, 11) is 1.72. The van der Waals surface area contributed by atoms with E-state index in [-0.39, 0.29) is 11.7 Å². The van der Waals surface area contributed by atoms with Crippen molar-refractivity contribution >= 4 is 16.9 Å². The van der Waals surface area contributed by atoms with Crippen molar-refractivity contribution in [1.82, 2.24) is 19.5 Å². The van der Waals surface area contributed by atoms with Gasteiger partial charge in [-0.1, -0.05) is 18.2 Å². The number of rotatable bonds is 3. The van der Waals surface area contributed by atoms with E-state index < -0.39 is 0 Å². The molecule has 1 fully saturated rings. The maximum Gasteiger partial charge on any atom is 0.255 e. The van der Waals surface area contributed by atoms with Crippen molar-refractivity contribution in [3.63, 3.8) is 0 Å². The van der Waals surface area contributed by atoms with Crippen LogP contribution in [0.15, 0.2) is 64.2 Å². The Labute approximate surface area is 166 Å². The average Bonchev–Trinajstić information content (AvgIpc) is 3.21. The zero-order chi connectivity index (χ0) is 19.8. The first-order chi connectivity index (χ1) is 14.2. The normalized spacial score (nSPS) is 17.0. The molecule has 0 amide bonds. The Morgan fingerprint density at radius 2 is 2.03 bits per heavy atom. The van der Waals surface area contributed by atoms with Crippen LogP contribution in [0.3, 0.4) is 0 Å². The number of hydrogen-bond donors (Lipinski definition) is 0. The summed E-state index contributed by atoms with van der Waals surface area (Å²) in [6, 6.07) is 13.1. The molecule has 4 aromatic rings. The summed E-state index contributed by atoms with van der Waals surface area (Å²) in [4.78, 5) is 27.4. The summed E-state index contributed by atoms with van der Waals surface area (Å²) in [5.74, 6) is 1.35. The fourth-order valence-electron chi connectivity index (χ4n) is 3.55. The second-order valence-corrected chi connectivity index (χ2v) is 6.93. The van der Waals surface area contributed by atoms with Gasteiger partial charge in [-0.25, -0.2) is 15.0 Å². The molecule has 8 heteroatoms. The number of furan rings is 1. The molecule has 1 aromatic carbocycles. The third-order valence-corrected chi connectivity index (χ3v) is 5.07. The van der Waals surface area contributed by atoms with Gasteiger partial charge < -0.3 is 14.1 Å². The van der Waals surface area contributed by atoms with E-state index in [0.717, 1.165) is 16.7 Å². The number of para-hydroxylation sites is 1. The summed E-state index contributed by atoms with van der Waals surface area (Å²) in [6.07, 6.45) is 2.84. The first kappa shape index (κ1) is 17.6. The number of morpholine rings is 1. The highest BCUT2D eigenvalue weighted by molar-refractivity contribution is 5.77. The number of aromatic nitrogens is 4. The van der Waals surface area contributed by atoms with Crippen LogP contribution in [-0.4, -0.2) is 39.2 Å². The van der Waals surface area contributed by atoms with Crippen molar-refractivity contribution in [3.8, 4) is 11.4 Å². The first-order valence-corrected chi connectivity index (χ1v) is 9.38. The van der Waals surface area contributed by atoms with E-state index in [2.05, 4.69) is 9.97 Å². The SMILES string of the molecule is Cn1c(N2CCO[C@@H](c3cc4ccccc4o3)C2)nc(-c2ccncn2)cc1=O. The molecule has 0 N–H and O–H groups in total. The molecule has 3 aromatic heterocycles. The molecule has 8 nitrogen and oxygen atoms in total. The minimum absolute atomic E-state index is 0.143. The van der Waals surface area contributed by atoms with E-state index in [9.17, 15) is 4.79 Å². The molecule has 29 heavy (non-hydrogen) atoms. The summed E-state index contributed by atoms with van der Waals surface area (Å²) >= 11 is 0. The minimum Gasteiger partial charge on any atom is -0.458 e. The van der Waals surface area contributed by atoms with Crippen LogP contribution in [-0.2, 0) is 11.8 Å². The molecule has 0 unspecified atom stereocenters. The van der Waals surface area contributed by atoms with Gasteiger partial charge in [0, 0.05) is 31.2 Å². The molecule has 4 heterocycles. The quantitative estimate of drug-likeness (QED) is 0.532. The zero-order valence-electron chi connectivity index (χ0n) is 15.9. The summed E-state index contributed by atoms with van der Waals surface area (Å²) < 4.78 is 13.5. The van der Waals surface area contributed by atoms with E-state index in [0.29, 0.717) is 37.0 Å². The largest absolute Gasteiger partial charge is 0.458 e. The summed E-state index contributed by atoms with van der Waals surface area (Å²) in [5, 5.41) is 1.04. The smallest absolute Gasteiger partial charge is 0.255 e. The van der Waals surface area contributed by atoms with Crippen LogP contribution in [0.25, 0.3) is 22.4 Å². The lowest BCUT2D eigenvalue weighted by atomic mass is 10.2. The van der Waals surface area contributed by atoms with Gasteiger partial charge in [0.15, 0.2) is 0 Å². The van der Waals surface area contributed by atoms with Crippen molar-refractivity contribution < 1.29 is 9.15 Å². The summed E-state index contributed by atoms with van der Waals surface area (Å²) in [6.45, 7) is 1.67. The Hall–Kier alpha value is -3.52. The minimum atomic E-state index is -0.240. The fourth-order valence-corrected chi connectivity index (χ4v) is 3.55. The number of benzene rings is 1. The van der Waals surface area contributed by atoms with Crippen LogP contribution in [0.5, 0.6) is 0 Å². The van der Waals surface area contributed by atoms with E-state index in [4.69, 9.17) is 14.1 Å². The van der Waals surface area contributed by atoms with Crippen LogP contribution < -0.4 is 10.5 Å². The van der Waals surface area contributed by atoms with Gasteiger partial charge in [0.05, 0.1) is 24.5 Å². The van der Waals surface area contributed by atoms with Gasteiger partial charge in [-0.15, -0.1) is 0 Å². The van der Waals surface area contributed by atoms with Gasteiger partial charge in [0.25, 0.3) is 5.56 Å². The van der Waals surface area contributed by atoms with Crippen molar-refractivity contribution in [2.75, 3.05) is 24.6 Å². The number of ether oxygens (including phenoxy) is 1. The second-order valence-electron chi connectivity index (χ2n) is 6.93. The van der Waals surface area contributed by atoms with Crippen molar-refractivity contribution in [2.24, 2.45) is 7.05 Å². The van der Waals surface area contributed by atoms with Crippen molar-refractivity contribution in [2.45, 2.75) is 6.10 Å².